The molecule has 0 saturated heterocycles. The first-order chi connectivity index (χ1) is 15.7. The van der Waals surface area contributed by atoms with Crippen LogP contribution in [-0.2, 0) is 0 Å². The molecule has 0 heteroatoms. The van der Waals surface area contributed by atoms with Crippen molar-refractivity contribution < 1.29 is 0 Å². The van der Waals surface area contributed by atoms with Gasteiger partial charge in [-0.05, 0) is 69.5 Å². The summed E-state index contributed by atoms with van der Waals surface area (Å²) in [7, 11) is 0. The molecule has 0 N–H and O–H groups in total. The Labute approximate surface area is 190 Å². The van der Waals surface area contributed by atoms with Crippen LogP contribution in [0.2, 0.25) is 0 Å². The monoisotopic (exact) mass is 410 g/mol. The molecule has 0 aliphatic rings. The van der Waals surface area contributed by atoms with Gasteiger partial charge in [-0.25, -0.2) is 0 Å². The van der Waals surface area contributed by atoms with Crippen molar-refractivity contribution in [3.8, 4) is 44.5 Å². The molecule has 0 bridgehead atoms. The van der Waals surface area contributed by atoms with Gasteiger partial charge in [-0.15, -0.1) is 0 Å². The van der Waals surface area contributed by atoms with E-state index in [1.54, 1.807) is 0 Å². The van der Waals surface area contributed by atoms with Gasteiger partial charge in [0.25, 0.3) is 0 Å². The van der Waals surface area contributed by atoms with Crippen LogP contribution in [0.25, 0.3) is 44.5 Å². The molecule has 0 amide bonds. The van der Waals surface area contributed by atoms with Crippen molar-refractivity contribution in [1.82, 2.24) is 0 Å². The van der Waals surface area contributed by atoms with Crippen molar-refractivity contribution in [3.05, 3.63) is 132 Å². The minimum absolute atomic E-state index is 1.25. The fourth-order valence-corrected chi connectivity index (χ4v) is 4.38. The van der Waals surface area contributed by atoms with Crippen LogP contribution >= 0.6 is 0 Å². The zero-order valence-corrected chi connectivity index (χ0v) is 18.5. The molecule has 0 aliphatic carbocycles. The maximum absolute atomic E-state index is 2.33. The smallest absolute Gasteiger partial charge is 0.0152 e. The predicted octanol–water partition coefficient (Wildman–Crippen LogP) is 8.97. The van der Waals surface area contributed by atoms with E-state index in [2.05, 4.69) is 135 Å². The van der Waals surface area contributed by atoms with Gasteiger partial charge in [0.05, 0.1) is 0 Å². The van der Waals surface area contributed by atoms with E-state index >= 15 is 0 Å². The third-order valence-corrected chi connectivity index (χ3v) is 6.18. The molecule has 32 heavy (non-hydrogen) atoms. The summed E-state index contributed by atoms with van der Waals surface area (Å²) in [5.41, 5.74) is 12.7. The van der Waals surface area contributed by atoms with Crippen LogP contribution in [0.5, 0.6) is 0 Å². The Bertz CT molecular complexity index is 1220. The van der Waals surface area contributed by atoms with Gasteiger partial charge in [0.1, 0.15) is 0 Å². The molecule has 0 aromatic heterocycles. The zero-order valence-electron chi connectivity index (χ0n) is 18.5. The summed E-state index contributed by atoms with van der Waals surface area (Å²) in [5, 5.41) is 0. The number of rotatable bonds is 4. The largest absolute Gasteiger partial charge is 0.0622 e. The molecule has 0 aliphatic heterocycles. The number of hydrogen-bond donors (Lipinski definition) is 0. The van der Waals surface area contributed by atoms with Crippen LogP contribution in [0.3, 0.4) is 0 Å². The van der Waals surface area contributed by atoms with Gasteiger partial charge in [0, 0.05) is 0 Å². The van der Waals surface area contributed by atoms with Crippen LogP contribution < -0.4 is 0 Å². The third-order valence-electron chi connectivity index (χ3n) is 6.18. The molecular formula is C32H26. The highest BCUT2D eigenvalue weighted by atomic mass is 14.1. The summed E-state index contributed by atoms with van der Waals surface area (Å²) >= 11 is 0. The van der Waals surface area contributed by atoms with E-state index in [1.807, 2.05) is 0 Å². The van der Waals surface area contributed by atoms with Crippen molar-refractivity contribution in [2.45, 2.75) is 13.8 Å². The van der Waals surface area contributed by atoms with Crippen LogP contribution in [0.15, 0.2) is 121 Å². The minimum atomic E-state index is 1.25. The topological polar surface area (TPSA) is 0 Å². The molecule has 0 nitrogen and oxygen atoms in total. The summed E-state index contributed by atoms with van der Waals surface area (Å²) in [6.07, 6.45) is 0. The summed E-state index contributed by atoms with van der Waals surface area (Å²) in [6.45, 7) is 4.42. The summed E-state index contributed by atoms with van der Waals surface area (Å²) in [5.74, 6) is 0. The van der Waals surface area contributed by atoms with Crippen molar-refractivity contribution in [2.24, 2.45) is 0 Å². The Hall–Kier alpha value is -3.90. The van der Waals surface area contributed by atoms with Crippen molar-refractivity contribution in [3.63, 3.8) is 0 Å². The van der Waals surface area contributed by atoms with Crippen molar-refractivity contribution >= 4 is 0 Å². The van der Waals surface area contributed by atoms with Gasteiger partial charge >= 0.3 is 0 Å². The Morgan fingerprint density at radius 1 is 0.312 bits per heavy atom. The standard InChI is InChI=1S/C32H26/c1-23-21-32(30-19-15-28(16-20-30)26-11-7-4-8-12-26)24(2)22-31(23)29-17-13-27(14-18-29)25-9-5-3-6-10-25/h3-22H,1-2H3. The van der Waals surface area contributed by atoms with E-state index < -0.39 is 0 Å². The quantitative estimate of drug-likeness (QED) is 0.277. The second-order valence-corrected chi connectivity index (χ2v) is 8.37. The average Bonchev–Trinajstić information content (AvgIpc) is 2.86. The highest BCUT2D eigenvalue weighted by molar-refractivity contribution is 5.79. The van der Waals surface area contributed by atoms with E-state index in [0.717, 1.165) is 0 Å². The molecule has 5 aromatic carbocycles. The Morgan fingerprint density at radius 2 is 0.594 bits per heavy atom. The van der Waals surface area contributed by atoms with Gasteiger partial charge in [-0.2, -0.15) is 0 Å². The molecule has 0 unspecified atom stereocenters. The van der Waals surface area contributed by atoms with E-state index in [1.165, 1.54) is 55.6 Å². The van der Waals surface area contributed by atoms with Gasteiger partial charge in [0.2, 0.25) is 0 Å². The van der Waals surface area contributed by atoms with Crippen LogP contribution in [-0.4, -0.2) is 0 Å². The second kappa shape index (κ2) is 8.69. The molecular weight excluding hydrogens is 384 g/mol. The maximum Gasteiger partial charge on any atom is -0.0152 e. The van der Waals surface area contributed by atoms with Crippen LogP contribution in [0, 0.1) is 13.8 Å². The fourth-order valence-electron chi connectivity index (χ4n) is 4.38. The number of benzene rings is 5. The second-order valence-electron chi connectivity index (χ2n) is 8.37. The zero-order chi connectivity index (χ0) is 21.9. The normalized spacial score (nSPS) is 10.8. The summed E-state index contributed by atoms with van der Waals surface area (Å²) in [4.78, 5) is 0. The first kappa shape index (κ1) is 20.0. The summed E-state index contributed by atoms with van der Waals surface area (Å²) < 4.78 is 0. The molecule has 0 spiro atoms. The lowest BCUT2D eigenvalue weighted by Gasteiger charge is -2.14. The molecule has 0 fully saturated rings. The molecule has 0 heterocycles. The maximum atomic E-state index is 2.33. The van der Waals surface area contributed by atoms with E-state index in [9.17, 15) is 0 Å². The van der Waals surface area contributed by atoms with E-state index in [4.69, 9.17) is 0 Å². The van der Waals surface area contributed by atoms with E-state index in [0.29, 0.717) is 0 Å². The Balaban J connectivity index is 1.45. The fraction of sp³-hybridized carbons (Fsp3) is 0.0625. The van der Waals surface area contributed by atoms with Crippen molar-refractivity contribution in [2.75, 3.05) is 0 Å². The van der Waals surface area contributed by atoms with Gasteiger partial charge in [0.15, 0.2) is 0 Å². The molecule has 0 atom stereocenters. The Morgan fingerprint density at radius 3 is 0.938 bits per heavy atom. The molecule has 5 aromatic rings. The first-order valence-electron chi connectivity index (χ1n) is 11.1. The summed E-state index contributed by atoms with van der Waals surface area (Å²) in [6, 6.07) is 43.5. The lowest BCUT2D eigenvalue weighted by molar-refractivity contribution is 1.39. The van der Waals surface area contributed by atoms with E-state index in [-0.39, 0.29) is 0 Å². The van der Waals surface area contributed by atoms with Gasteiger partial charge in [-0.3, -0.25) is 0 Å². The third kappa shape index (κ3) is 4.00. The average molecular weight is 411 g/mol. The van der Waals surface area contributed by atoms with Crippen molar-refractivity contribution in [1.29, 1.82) is 0 Å². The van der Waals surface area contributed by atoms with Crippen LogP contribution in [0.4, 0.5) is 0 Å². The highest BCUT2D eigenvalue weighted by Crippen LogP contribution is 2.33. The minimum Gasteiger partial charge on any atom is -0.0622 e. The number of hydrogen-bond acceptors (Lipinski definition) is 0. The van der Waals surface area contributed by atoms with Gasteiger partial charge < -0.3 is 0 Å². The lowest BCUT2D eigenvalue weighted by Crippen LogP contribution is -1.90. The predicted molar refractivity (Wildman–Crippen MR) is 138 cm³/mol. The lowest BCUT2D eigenvalue weighted by atomic mass is 9.90. The molecule has 0 saturated carbocycles. The van der Waals surface area contributed by atoms with Gasteiger partial charge in [-0.1, -0.05) is 121 Å². The van der Waals surface area contributed by atoms with Crippen LogP contribution in [0.1, 0.15) is 11.1 Å². The SMILES string of the molecule is Cc1cc(-c2ccc(-c3ccccc3)cc2)c(C)cc1-c1ccc(-c2ccccc2)cc1. The molecule has 0 radical (unpaired) electrons. The number of aryl methyl sites for hydroxylation is 2. The highest BCUT2D eigenvalue weighted by Gasteiger charge is 2.09. The molecule has 5 rings (SSSR count). The molecule has 154 valence electrons. The first-order valence-corrected chi connectivity index (χ1v) is 11.1. The Kier molecular flexibility index (Phi) is 5.44.